The molecule has 4 rings (SSSR count). The predicted molar refractivity (Wildman–Crippen MR) is 104 cm³/mol. The first kappa shape index (κ1) is 17.5. The van der Waals surface area contributed by atoms with Crippen molar-refractivity contribution in [2.45, 2.75) is 58.0 Å². The molecule has 0 atom stereocenters. The summed E-state index contributed by atoms with van der Waals surface area (Å²) < 4.78 is 1.70. The Balaban J connectivity index is 1.36. The highest BCUT2D eigenvalue weighted by atomic mass is 16.1. The molecule has 1 saturated heterocycles. The monoisotopic (exact) mass is 351 g/mol. The number of nitrogens with zero attached hydrogens (tertiary/aromatic N) is 3. The zero-order valence-electron chi connectivity index (χ0n) is 15.6. The van der Waals surface area contributed by atoms with Crippen LogP contribution in [0.1, 0.15) is 48.9 Å². The van der Waals surface area contributed by atoms with Gasteiger partial charge in [-0.1, -0.05) is 36.8 Å². The minimum absolute atomic E-state index is 0.0667. The average Bonchev–Trinajstić information content (AvgIpc) is 2.89. The van der Waals surface area contributed by atoms with E-state index in [9.17, 15) is 4.79 Å². The number of aromatic nitrogens is 2. The van der Waals surface area contributed by atoms with Gasteiger partial charge in [0, 0.05) is 19.2 Å². The second-order valence-corrected chi connectivity index (χ2v) is 7.91. The Morgan fingerprint density at radius 1 is 1.00 bits per heavy atom. The van der Waals surface area contributed by atoms with Crippen LogP contribution >= 0.6 is 0 Å². The molecule has 26 heavy (non-hydrogen) atoms. The van der Waals surface area contributed by atoms with E-state index >= 15 is 0 Å². The molecule has 0 saturated carbocycles. The van der Waals surface area contributed by atoms with Crippen LogP contribution in [0.3, 0.4) is 0 Å². The predicted octanol–water partition coefficient (Wildman–Crippen LogP) is 3.42. The third kappa shape index (κ3) is 4.24. The van der Waals surface area contributed by atoms with Crippen LogP contribution in [0, 0.1) is 5.92 Å². The fourth-order valence-corrected chi connectivity index (χ4v) is 4.35. The van der Waals surface area contributed by atoms with Crippen molar-refractivity contribution < 1.29 is 0 Å². The molecule has 1 fully saturated rings. The number of benzene rings is 1. The van der Waals surface area contributed by atoms with Crippen molar-refractivity contribution in [3.63, 3.8) is 0 Å². The van der Waals surface area contributed by atoms with Crippen molar-refractivity contribution in [3.8, 4) is 0 Å². The summed E-state index contributed by atoms with van der Waals surface area (Å²) in [5, 5.41) is 4.72. The summed E-state index contributed by atoms with van der Waals surface area (Å²) in [6, 6.07) is 12.6. The van der Waals surface area contributed by atoms with Crippen molar-refractivity contribution in [2.75, 3.05) is 13.1 Å². The molecule has 0 spiro atoms. The quantitative estimate of drug-likeness (QED) is 0.792. The lowest BCUT2D eigenvalue weighted by atomic mass is 9.90. The molecule has 0 radical (unpaired) electrons. The molecule has 1 aromatic heterocycles. The summed E-state index contributed by atoms with van der Waals surface area (Å²) in [6.07, 6.45) is 9.25. The van der Waals surface area contributed by atoms with Crippen LogP contribution in [-0.2, 0) is 25.9 Å². The molecule has 138 valence electrons. The Morgan fingerprint density at radius 2 is 1.77 bits per heavy atom. The average molecular weight is 351 g/mol. The van der Waals surface area contributed by atoms with E-state index in [1.807, 2.05) is 6.07 Å². The minimum Gasteiger partial charge on any atom is -0.284 e. The molecule has 0 bridgehead atoms. The van der Waals surface area contributed by atoms with Crippen LogP contribution in [0.2, 0.25) is 0 Å². The number of hydrogen-bond donors (Lipinski definition) is 0. The molecule has 2 heterocycles. The molecule has 0 amide bonds. The van der Waals surface area contributed by atoms with E-state index in [1.54, 1.807) is 4.68 Å². The van der Waals surface area contributed by atoms with Gasteiger partial charge in [-0.2, -0.15) is 5.10 Å². The van der Waals surface area contributed by atoms with E-state index in [0.717, 1.165) is 37.5 Å². The van der Waals surface area contributed by atoms with Crippen LogP contribution in [0.25, 0.3) is 0 Å². The maximum Gasteiger partial charge on any atom is 0.268 e. The second-order valence-electron chi connectivity index (χ2n) is 7.91. The summed E-state index contributed by atoms with van der Waals surface area (Å²) in [6.45, 7) is 2.76. The molecule has 4 nitrogen and oxygen atoms in total. The Kier molecular flexibility index (Phi) is 5.49. The molecule has 2 aliphatic rings. The van der Waals surface area contributed by atoms with Crippen LogP contribution in [0.15, 0.2) is 41.2 Å². The van der Waals surface area contributed by atoms with Gasteiger partial charge in [0.2, 0.25) is 0 Å². The highest BCUT2D eigenvalue weighted by Crippen LogP contribution is 2.22. The molecule has 0 unspecified atom stereocenters. The van der Waals surface area contributed by atoms with Gasteiger partial charge in [0.05, 0.1) is 12.4 Å². The van der Waals surface area contributed by atoms with Gasteiger partial charge >= 0.3 is 0 Å². The summed E-state index contributed by atoms with van der Waals surface area (Å²) in [7, 11) is 0. The lowest BCUT2D eigenvalue weighted by Gasteiger charge is -2.32. The van der Waals surface area contributed by atoms with Gasteiger partial charge < -0.3 is 0 Å². The zero-order chi connectivity index (χ0) is 17.8. The molecule has 4 heteroatoms. The number of hydrogen-bond acceptors (Lipinski definition) is 3. The van der Waals surface area contributed by atoms with Gasteiger partial charge in [0.25, 0.3) is 5.56 Å². The lowest BCUT2D eigenvalue weighted by molar-refractivity contribution is 0.137. The largest absolute Gasteiger partial charge is 0.284 e. The van der Waals surface area contributed by atoms with Crippen molar-refractivity contribution in [1.29, 1.82) is 0 Å². The lowest BCUT2D eigenvalue weighted by Crippen LogP contribution is -2.39. The number of likely N-dealkylation sites (tertiary alicyclic amines) is 1. The third-order valence-electron chi connectivity index (χ3n) is 5.93. The van der Waals surface area contributed by atoms with Gasteiger partial charge in [0.1, 0.15) is 0 Å². The standard InChI is InChI=1S/C22H29N3O/c26-22-16-20-9-5-2-6-10-21(20)23-25(22)17-24-13-11-19(12-14-24)15-18-7-3-1-4-8-18/h1,3-4,7-8,16,19H,2,5-6,9-15,17H2. The summed E-state index contributed by atoms with van der Waals surface area (Å²) in [4.78, 5) is 14.8. The number of fused-ring (bicyclic) bond motifs is 1. The summed E-state index contributed by atoms with van der Waals surface area (Å²) in [5.74, 6) is 0.755. The van der Waals surface area contributed by atoms with Crippen molar-refractivity contribution in [1.82, 2.24) is 14.7 Å². The van der Waals surface area contributed by atoms with Crippen LogP contribution in [-0.4, -0.2) is 27.8 Å². The van der Waals surface area contributed by atoms with Crippen molar-refractivity contribution >= 4 is 0 Å². The number of piperidine rings is 1. The van der Waals surface area contributed by atoms with E-state index in [4.69, 9.17) is 5.10 Å². The molecule has 1 aromatic carbocycles. The Labute approximate surface area is 155 Å². The first-order valence-electron chi connectivity index (χ1n) is 10.1. The molecule has 0 N–H and O–H groups in total. The van der Waals surface area contributed by atoms with E-state index in [0.29, 0.717) is 6.67 Å². The van der Waals surface area contributed by atoms with Crippen LogP contribution in [0.5, 0.6) is 0 Å². The Hall–Kier alpha value is -1.94. The van der Waals surface area contributed by atoms with Gasteiger partial charge in [-0.05, 0) is 62.0 Å². The van der Waals surface area contributed by atoms with Gasteiger partial charge in [-0.3, -0.25) is 9.69 Å². The van der Waals surface area contributed by atoms with Crippen LogP contribution in [0.4, 0.5) is 0 Å². The fraction of sp³-hybridized carbons (Fsp3) is 0.545. The molecular formula is C22H29N3O. The summed E-state index contributed by atoms with van der Waals surface area (Å²) >= 11 is 0. The van der Waals surface area contributed by atoms with E-state index in [1.165, 1.54) is 49.7 Å². The molecule has 1 aliphatic heterocycles. The van der Waals surface area contributed by atoms with E-state index in [2.05, 4.69) is 35.2 Å². The Morgan fingerprint density at radius 3 is 2.58 bits per heavy atom. The van der Waals surface area contributed by atoms with Gasteiger partial charge in [-0.15, -0.1) is 0 Å². The third-order valence-corrected chi connectivity index (χ3v) is 5.93. The first-order valence-corrected chi connectivity index (χ1v) is 10.1. The van der Waals surface area contributed by atoms with E-state index in [-0.39, 0.29) is 5.56 Å². The number of aryl methyl sites for hydroxylation is 2. The fourth-order valence-electron chi connectivity index (χ4n) is 4.35. The van der Waals surface area contributed by atoms with Gasteiger partial charge in [0.15, 0.2) is 0 Å². The topological polar surface area (TPSA) is 38.1 Å². The number of rotatable bonds is 4. The molecule has 1 aliphatic carbocycles. The maximum atomic E-state index is 12.5. The SMILES string of the molecule is O=c1cc2c(nn1CN1CCC(Cc3ccccc3)CC1)CCCCC2. The van der Waals surface area contributed by atoms with Gasteiger partial charge in [-0.25, -0.2) is 4.68 Å². The maximum absolute atomic E-state index is 12.5. The first-order chi connectivity index (χ1) is 12.8. The van der Waals surface area contributed by atoms with E-state index < -0.39 is 0 Å². The van der Waals surface area contributed by atoms with Crippen molar-refractivity contribution in [2.24, 2.45) is 5.92 Å². The minimum atomic E-state index is 0.0667. The smallest absolute Gasteiger partial charge is 0.268 e. The Bertz CT molecular complexity index is 776. The zero-order valence-corrected chi connectivity index (χ0v) is 15.6. The van der Waals surface area contributed by atoms with Crippen molar-refractivity contribution in [3.05, 3.63) is 63.6 Å². The summed E-state index contributed by atoms with van der Waals surface area (Å²) in [5.41, 5.74) is 3.85. The normalized spacial score (nSPS) is 19.1. The highest BCUT2D eigenvalue weighted by molar-refractivity contribution is 5.19. The molecule has 2 aromatic rings. The second kappa shape index (κ2) is 8.17. The highest BCUT2D eigenvalue weighted by Gasteiger charge is 2.21. The van der Waals surface area contributed by atoms with Crippen LogP contribution < -0.4 is 5.56 Å². The molecular weight excluding hydrogens is 322 g/mol.